The first-order valence-electron chi connectivity index (χ1n) is 7.17. The molecule has 4 nitrogen and oxygen atoms in total. The van der Waals surface area contributed by atoms with Crippen LogP contribution in [-0.4, -0.2) is 18.7 Å². The second-order valence-electron chi connectivity index (χ2n) is 5.56. The summed E-state index contributed by atoms with van der Waals surface area (Å²) in [5.41, 5.74) is 9.29. The van der Waals surface area contributed by atoms with Crippen LogP contribution < -0.4 is 15.2 Å². The predicted octanol–water partition coefficient (Wildman–Crippen LogP) is 2.77. The molecule has 0 bridgehead atoms. The summed E-state index contributed by atoms with van der Waals surface area (Å²) in [4.78, 5) is 4.33. The Morgan fingerprint density at radius 3 is 2.95 bits per heavy atom. The van der Waals surface area contributed by atoms with Crippen molar-refractivity contribution >= 4 is 5.82 Å². The largest absolute Gasteiger partial charge is 0.497 e. The summed E-state index contributed by atoms with van der Waals surface area (Å²) in [5.74, 6) is 2.83. The maximum Gasteiger partial charge on any atom is 0.126 e. The summed E-state index contributed by atoms with van der Waals surface area (Å²) in [6, 6.07) is 10.1. The predicted molar refractivity (Wildman–Crippen MR) is 82.8 cm³/mol. The molecule has 1 aliphatic heterocycles. The van der Waals surface area contributed by atoms with Crippen LogP contribution >= 0.6 is 0 Å². The molecular formula is C17H20N2O2. The zero-order chi connectivity index (χ0) is 14.8. The highest BCUT2D eigenvalue weighted by molar-refractivity contribution is 5.43. The highest BCUT2D eigenvalue weighted by atomic mass is 16.5. The fraction of sp³-hybridized carbons (Fsp3) is 0.353. The molecule has 0 saturated carbocycles. The topological polar surface area (TPSA) is 57.4 Å². The van der Waals surface area contributed by atoms with Crippen LogP contribution in [0.15, 0.2) is 30.3 Å². The second kappa shape index (κ2) is 5.64. The van der Waals surface area contributed by atoms with E-state index in [4.69, 9.17) is 15.2 Å². The summed E-state index contributed by atoms with van der Waals surface area (Å²) in [7, 11) is 1.67. The van der Waals surface area contributed by atoms with Gasteiger partial charge in [-0.05, 0) is 43.0 Å². The van der Waals surface area contributed by atoms with E-state index in [9.17, 15) is 0 Å². The minimum absolute atomic E-state index is 0.428. The molecule has 3 rings (SSSR count). The number of aryl methyl sites for hydroxylation is 1. The summed E-state index contributed by atoms with van der Waals surface area (Å²) in [6.07, 6.45) is 1.89. The van der Waals surface area contributed by atoms with E-state index < -0.39 is 0 Å². The third kappa shape index (κ3) is 2.94. The lowest BCUT2D eigenvalue weighted by Crippen LogP contribution is -2.23. The zero-order valence-corrected chi connectivity index (χ0v) is 12.4. The van der Waals surface area contributed by atoms with E-state index in [-0.39, 0.29) is 0 Å². The molecule has 1 aromatic carbocycles. The van der Waals surface area contributed by atoms with Gasteiger partial charge in [0.05, 0.1) is 13.7 Å². The molecule has 0 radical (unpaired) electrons. The minimum Gasteiger partial charge on any atom is -0.497 e. The molecular weight excluding hydrogens is 264 g/mol. The highest BCUT2D eigenvalue weighted by Gasteiger charge is 2.21. The number of pyridine rings is 1. The van der Waals surface area contributed by atoms with Crippen LogP contribution in [0.1, 0.15) is 16.8 Å². The molecule has 2 aromatic rings. The Bertz CT molecular complexity index is 655. The number of nitrogens with two attached hydrogens (primary N) is 1. The van der Waals surface area contributed by atoms with Gasteiger partial charge in [0.25, 0.3) is 0 Å². The van der Waals surface area contributed by atoms with E-state index in [2.05, 4.69) is 17.1 Å². The van der Waals surface area contributed by atoms with Crippen LogP contribution in [0.2, 0.25) is 0 Å². The number of rotatable bonds is 3. The van der Waals surface area contributed by atoms with Crippen LogP contribution in [0, 0.1) is 12.8 Å². The van der Waals surface area contributed by atoms with Crippen molar-refractivity contribution in [3.63, 3.8) is 0 Å². The average molecular weight is 284 g/mol. The van der Waals surface area contributed by atoms with E-state index in [1.165, 1.54) is 5.56 Å². The van der Waals surface area contributed by atoms with Gasteiger partial charge in [0.2, 0.25) is 0 Å². The Balaban J connectivity index is 1.74. The van der Waals surface area contributed by atoms with Crippen molar-refractivity contribution in [2.24, 2.45) is 5.92 Å². The number of benzene rings is 1. The normalized spacial score (nSPS) is 17.0. The number of anilines is 1. The molecule has 1 aliphatic rings. The molecule has 1 aromatic heterocycles. The molecule has 1 unspecified atom stereocenters. The third-order valence-electron chi connectivity index (χ3n) is 3.92. The van der Waals surface area contributed by atoms with Gasteiger partial charge in [0.15, 0.2) is 0 Å². The number of aromatic nitrogens is 1. The number of ether oxygens (including phenoxy) is 2. The van der Waals surface area contributed by atoms with Crippen LogP contribution in [0.5, 0.6) is 11.5 Å². The SMILES string of the molecule is COc1ccc2c(c1)OCC(Cc1ccc(C)nc1N)C2. The molecule has 110 valence electrons. The van der Waals surface area contributed by atoms with Crippen molar-refractivity contribution < 1.29 is 9.47 Å². The van der Waals surface area contributed by atoms with Crippen LogP contribution in [0.4, 0.5) is 5.82 Å². The molecule has 4 heteroatoms. The first-order chi connectivity index (χ1) is 10.2. The molecule has 21 heavy (non-hydrogen) atoms. The summed E-state index contributed by atoms with van der Waals surface area (Å²) >= 11 is 0. The van der Waals surface area contributed by atoms with Crippen LogP contribution in [0.3, 0.4) is 0 Å². The molecule has 2 N–H and O–H groups in total. The van der Waals surface area contributed by atoms with Crippen molar-refractivity contribution in [2.45, 2.75) is 19.8 Å². The van der Waals surface area contributed by atoms with Gasteiger partial charge in [-0.25, -0.2) is 4.98 Å². The van der Waals surface area contributed by atoms with Gasteiger partial charge in [0, 0.05) is 17.7 Å². The lowest BCUT2D eigenvalue weighted by molar-refractivity contribution is 0.220. The molecule has 1 atom stereocenters. The van der Waals surface area contributed by atoms with E-state index in [0.29, 0.717) is 18.3 Å². The first kappa shape index (κ1) is 13.7. The van der Waals surface area contributed by atoms with Crippen LogP contribution in [0.25, 0.3) is 0 Å². The molecule has 2 heterocycles. The number of hydrogen-bond donors (Lipinski definition) is 1. The Hall–Kier alpha value is -2.23. The smallest absolute Gasteiger partial charge is 0.126 e. The standard InChI is InChI=1S/C17H20N2O2/c1-11-3-4-14(17(18)19-11)8-12-7-13-5-6-15(20-2)9-16(13)21-10-12/h3-6,9,12H,7-8,10H2,1-2H3,(H2,18,19). The van der Waals surface area contributed by atoms with Gasteiger partial charge in [-0.15, -0.1) is 0 Å². The van der Waals surface area contributed by atoms with Gasteiger partial charge >= 0.3 is 0 Å². The number of nitrogens with zero attached hydrogens (tertiary/aromatic N) is 1. The average Bonchev–Trinajstić information content (AvgIpc) is 2.49. The van der Waals surface area contributed by atoms with E-state index in [0.717, 1.165) is 35.6 Å². The fourth-order valence-corrected chi connectivity index (χ4v) is 2.76. The molecule has 0 amide bonds. The summed E-state index contributed by atoms with van der Waals surface area (Å²) in [6.45, 7) is 2.65. The molecule has 0 saturated heterocycles. The monoisotopic (exact) mass is 284 g/mol. The Morgan fingerprint density at radius 2 is 2.19 bits per heavy atom. The number of hydrogen-bond acceptors (Lipinski definition) is 4. The summed E-state index contributed by atoms with van der Waals surface area (Å²) < 4.78 is 11.1. The van der Waals surface area contributed by atoms with E-state index in [1.807, 2.05) is 25.1 Å². The van der Waals surface area contributed by atoms with E-state index >= 15 is 0 Å². The quantitative estimate of drug-likeness (QED) is 0.941. The zero-order valence-electron chi connectivity index (χ0n) is 12.4. The number of methoxy groups -OCH3 is 1. The van der Waals surface area contributed by atoms with Crippen molar-refractivity contribution in [2.75, 3.05) is 19.5 Å². The van der Waals surface area contributed by atoms with Crippen LogP contribution in [-0.2, 0) is 12.8 Å². The van der Waals surface area contributed by atoms with Crippen molar-refractivity contribution in [3.05, 3.63) is 47.2 Å². The van der Waals surface area contributed by atoms with E-state index in [1.54, 1.807) is 7.11 Å². The maximum absolute atomic E-state index is 6.00. The lowest BCUT2D eigenvalue weighted by Gasteiger charge is -2.26. The van der Waals surface area contributed by atoms with Gasteiger partial charge < -0.3 is 15.2 Å². The van der Waals surface area contributed by atoms with Gasteiger partial charge in [-0.3, -0.25) is 0 Å². The van der Waals surface area contributed by atoms with Crippen molar-refractivity contribution in [3.8, 4) is 11.5 Å². The highest BCUT2D eigenvalue weighted by Crippen LogP contribution is 2.32. The lowest BCUT2D eigenvalue weighted by atomic mass is 9.91. The van der Waals surface area contributed by atoms with Crippen molar-refractivity contribution in [1.82, 2.24) is 4.98 Å². The Labute approximate surface area is 124 Å². The third-order valence-corrected chi connectivity index (χ3v) is 3.92. The van der Waals surface area contributed by atoms with Crippen molar-refractivity contribution in [1.29, 1.82) is 0 Å². The fourth-order valence-electron chi connectivity index (χ4n) is 2.76. The molecule has 0 aliphatic carbocycles. The Kier molecular flexibility index (Phi) is 3.69. The Morgan fingerprint density at radius 1 is 1.33 bits per heavy atom. The number of nitrogen functional groups attached to an aromatic ring is 1. The summed E-state index contributed by atoms with van der Waals surface area (Å²) in [5, 5.41) is 0. The van der Waals surface area contributed by atoms with Gasteiger partial charge in [-0.2, -0.15) is 0 Å². The molecule has 0 fully saturated rings. The minimum atomic E-state index is 0.428. The number of fused-ring (bicyclic) bond motifs is 1. The van der Waals surface area contributed by atoms with Gasteiger partial charge in [0.1, 0.15) is 17.3 Å². The van der Waals surface area contributed by atoms with Gasteiger partial charge in [-0.1, -0.05) is 12.1 Å². The molecule has 0 spiro atoms. The second-order valence-corrected chi connectivity index (χ2v) is 5.56. The first-order valence-corrected chi connectivity index (χ1v) is 7.17. The maximum atomic E-state index is 6.00.